The summed E-state index contributed by atoms with van der Waals surface area (Å²) in [6, 6.07) is 0.427. The van der Waals surface area contributed by atoms with Crippen LogP contribution in [0.15, 0.2) is 11.6 Å². The van der Waals surface area contributed by atoms with Crippen LogP contribution in [0.3, 0.4) is 0 Å². The average molecular weight is 265 g/mol. The molecular formula is C15H23NO3. The quantitative estimate of drug-likeness (QED) is 0.729. The van der Waals surface area contributed by atoms with Gasteiger partial charge in [-0.05, 0) is 26.3 Å². The van der Waals surface area contributed by atoms with Gasteiger partial charge in [0.25, 0.3) is 0 Å². The van der Waals surface area contributed by atoms with Gasteiger partial charge in [0.1, 0.15) is 5.78 Å². The lowest BCUT2D eigenvalue weighted by molar-refractivity contribution is -0.139. The number of rotatable bonds is 4. The highest BCUT2D eigenvalue weighted by Crippen LogP contribution is 2.32. The van der Waals surface area contributed by atoms with Gasteiger partial charge in [0.05, 0.1) is 6.61 Å². The Morgan fingerprint density at radius 3 is 2.95 bits per heavy atom. The summed E-state index contributed by atoms with van der Waals surface area (Å²) in [4.78, 5) is 25.9. The molecule has 0 unspecified atom stereocenters. The largest absolute Gasteiger partial charge is 0.463 e. The van der Waals surface area contributed by atoms with E-state index in [9.17, 15) is 9.59 Å². The zero-order valence-electron chi connectivity index (χ0n) is 11.9. The van der Waals surface area contributed by atoms with Gasteiger partial charge in [-0.1, -0.05) is 13.0 Å². The number of Topliss-reactive ketones (excluding diaryl/α,β-unsaturated/α-hetero) is 1. The van der Waals surface area contributed by atoms with Crippen molar-refractivity contribution in [1.29, 1.82) is 0 Å². The molecule has 19 heavy (non-hydrogen) atoms. The van der Waals surface area contributed by atoms with Crippen LogP contribution in [0.2, 0.25) is 0 Å². The third-order valence-electron chi connectivity index (χ3n) is 3.98. The standard InChI is InChI=1S/C15H23NO3/c1-3-7-16-10-12(15(18)19-4-2)8-11-9-13(17)5-6-14(11)16/h8,11,14H,3-7,9-10H2,1-2H3/t11-,14-/m0/s1. The third kappa shape index (κ3) is 3.24. The Morgan fingerprint density at radius 1 is 1.47 bits per heavy atom. The molecule has 1 heterocycles. The molecule has 1 aliphatic carbocycles. The van der Waals surface area contributed by atoms with Crippen molar-refractivity contribution in [2.45, 2.75) is 45.6 Å². The van der Waals surface area contributed by atoms with Crippen molar-refractivity contribution in [3.8, 4) is 0 Å². The molecule has 106 valence electrons. The minimum atomic E-state index is -0.222. The Balaban J connectivity index is 2.17. The van der Waals surface area contributed by atoms with Crippen LogP contribution >= 0.6 is 0 Å². The Hall–Kier alpha value is -1.16. The molecule has 0 aromatic heterocycles. The molecule has 0 N–H and O–H groups in total. The first-order valence-corrected chi connectivity index (χ1v) is 7.29. The summed E-state index contributed by atoms with van der Waals surface area (Å²) in [5.74, 6) is 0.292. The van der Waals surface area contributed by atoms with Crippen LogP contribution in [-0.2, 0) is 14.3 Å². The molecule has 1 aliphatic heterocycles. The molecule has 4 heteroatoms. The Labute approximate surface area is 114 Å². The van der Waals surface area contributed by atoms with Crippen molar-refractivity contribution in [3.63, 3.8) is 0 Å². The average Bonchev–Trinajstić information content (AvgIpc) is 2.38. The van der Waals surface area contributed by atoms with Gasteiger partial charge in [-0.25, -0.2) is 4.79 Å². The van der Waals surface area contributed by atoms with Gasteiger partial charge >= 0.3 is 5.97 Å². The first-order valence-electron chi connectivity index (χ1n) is 7.29. The molecule has 0 amide bonds. The lowest BCUT2D eigenvalue weighted by Gasteiger charge is -2.42. The zero-order valence-corrected chi connectivity index (χ0v) is 11.9. The van der Waals surface area contributed by atoms with Crippen LogP contribution in [0.4, 0.5) is 0 Å². The van der Waals surface area contributed by atoms with E-state index in [-0.39, 0.29) is 11.9 Å². The van der Waals surface area contributed by atoms with E-state index < -0.39 is 0 Å². The van der Waals surface area contributed by atoms with Gasteiger partial charge in [0.15, 0.2) is 0 Å². The first kappa shape index (κ1) is 14.3. The smallest absolute Gasteiger partial charge is 0.335 e. The fourth-order valence-corrected chi connectivity index (χ4v) is 3.18. The molecule has 2 rings (SSSR count). The maximum atomic E-state index is 11.9. The molecule has 0 bridgehead atoms. The molecule has 1 fully saturated rings. The highest BCUT2D eigenvalue weighted by atomic mass is 16.5. The van der Waals surface area contributed by atoms with Crippen LogP contribution in [0.1, 0.15) is 39.5 Å². The summed E-state index contributed by atoms with van der Waals surface area (Å²) in [6.45, 7) is 6.01. The second kappa shape index (κ2) is 6.33. The molecule has 0 aromatic rings. The van der Waals surface area contributed by atoms with Crippen molar-refractivity contribution >= 4 is 11.8 Å². The van der Waals surface area contributed by atoms with Gasteiger partial charge in [0, 0.05) is 36.9 Å². The highest BCUT2D eigenvalue weighted by molar-refractivity contribution is 5.89. The number of ether oxygens (including phenoxy) is 1. The van der Waals surface area contributed by atoms with Gasteiger partial charge < -0.3 is 4.74 Å². The Bertz CT molecular complexity index is 389. The fourth-order valence-electron chi connectivity index (χ4n) is 3.18. The molecule has 0 spiro atoms. The number of carbonyl (C=O) groups excluding carboxylic acids is 2. The van der Waals surface area contributed by atoms with Gasteiger partial charge in [0.2, 0.25) is 0 Å². The summed E-state index contributed by atoms with van der Waals surface area (Å²) in [5, 5.41) is 0. The van der Waals surface area contributed by atoms with Gasteiger partial charge in [-0.2, -0.15) is 0 Å². The zero-order chi connectivity index (χ0) is 13.8. The van der Waals surface area contributed by atoms with E-state index in [1.54, 1.807) is 0 Å². The normalized spacial score (nSPS) is 27.7. The van der Waals surface area contributed by atoms with Gasteiger partial charge in [-0.15, -0.1) is 0 Å². The lowest BCUT2D eigenvalue weighted by Crippen LogP contribution is -2.48. The summed E-state index contributed by atoms with van der Waals surface area (Å²) in [5.41, 5.74) is 0.728. The first-order chi connectivity index (χ1) is 9.15. The predicted octanol–water partition coefficient (Wildman–Crippen LogP) is 1.94. The van der Waals surface area contributed by atoms with Crippen molar-refractivity contribution in [1.82, 2.24) is 4.90 Å². The minimum absolute atomic E-state index is 0.195. The summed E-state index contributed by atoms with van der Waals surface area (Å²) < 4.78 is 5.10. The highest BCUT2D eigenvalue weighted by Gasteiger charge is 2.36. The van der Waals surface area contributed by atoms with E-state index in [1.807, 2.05) is 13.0 Å². The van der Waals surface area contributed by atoms with Crippen molar-refractivity contribution in [3.05, 3.63) is 11.6 Å². The molecule has 2 atom stereocenters. The van der Waals surface area contributed by atoms with Crippen LogP contribution < -0.4 is 0 Å². The second-order valence-corrected chi connectivity index (χ2v) is 5.40. The van der Waals surface area contributed by atoms with Gasteiger partial charge in [-0.3, -0.25) is 9.69 Å². The van der Waals surface area contributed by atoms with E-state index in [2.05, 4.69) is 11.8 Å². The maximum absolute atomic E-state index is 11.9. The molecule has 4 nitrogen and oxygen atoms in total. The number of ketones is 1. The number of hydrogen-bond donors (Lipinski definition) is 0. The summed E-state index contributed by atoms with van der Waals surface area (Å²) >= 11 is 0. The molecule has 0 aromatic carbocycles. The van der Waals surface area contributed by atoms with E-state index in [4.69, 9.17) is 4.74 Å². The summed E-state index contributed by atoms with van der Waals surface area (Å²) in [7, 11) is 0. The van der Waals surface area contributed by atoms with E-state index in [1.165, 1.54) is 0 Å². The fraction of sp³-hybridized carbons (Fsp3) is 0.733. The van der Waals surface area contributed by atoms with Crippen molar-refractivity contribution in [2.75, 3.05) is 19.7 Å². The topological polar surface area (TPSA) is 46.6 Å². The third-order valence-corrected chi connectivity index (χ3v) is 3.98. The molecular weight excluding hydrogens is 242 g/mol. The van der Waals surface area contributed by atoms with Crippen molar-refractivity contribution < 1.29 is 14.3 Å². The molecule has 0 radical (unpaired) electrons. The van der Waals surface area contributed by atoms with Crippen LogP contribution in [0.25, 0.3) is 0 Å². The van der Waals surface area contributed by atoms with Crippen LogP contribution in [0, 0.1) is 5.92 Å². The maximum Gasteiger partial charge on any atom is 0.335 e. The number of fused-ring (bicyclic) bond motifs is 1. The van der Waals surface area contributed by atoms with Crippen LogP contribution in [0.5, 0.6) is 0 Å². The van der Waals surface area contributed by atoms with Crippen molar-refractivity contribution in [2.24, 2.45) is 5.92 Å². The predicted molar refractivity (Wildman–Crippen MR) is 72.7 cm³/mol. The summed E-state index contributed by atoms with van der Waals surface area (Å²) in [6.07, 6.45) is 5.24. The van der Waals surface area contributed by atoms with E-state index in [0.717, 1.165) is 25.0 Å². The molecule has 0 saturated heterocycles. The SMILES string of the molecule is CCCN1CC(C(=O)OCC)=C[C@H]2CC(=O)CC[C@@H]21. The Morgan fingerprint density at radius 2 is 2.26 bits per heavy atom. The lowest BCUT2D eigenvalue weighted by atomic mass is 9.79. The number of nitrogens with zero attached hydrogens (tertiary/aromatic N) is 1. The monoisotopic (exact) mass is 265 g/mol. The number of esters is 1. The number of hydrogen-bond acceptors (Lipinski definition) is 4. The van der Waals surface area contributed by atoms with E-state index in [0.29, 0.717) is 37.8 Å². The minimum Gasteiger partial charge on any atom is -0.463 e. The second-order valence-electron chi connectivity index (χ2n) is 5.40. The molecule has 1 saturated carbocycles. The van der Waals surface area contributed by atoms with E-state index >= 15 is 0 Å². The van der Waals surface area contributed by atoms with Crippen LogP contribution in [-0.4, -0.2) is 42.4 Å². The number of carbonyl (C=O) groups is 2. The molecule has 2 aliphatic rings. The Kier molecular flexibility index (Phi) is 4.75.